The van der Waals surface area contributed by atoms with Gasteiger partial charge in [-0.2, -0.15) is 0 Å². The molecular formula is C18H30. The zero-order valence-electron chi connectivity index (χ0n) is 13.2. The Balaban J connectivity index is 3.25. The molecule has 0 bridgehead atoms. The summed E-state index contributed by atoms with van der Waals surface area (Å²) >= 11 is 0. The van der Waals surface area contributed by atoms with E-state index in [0.717, 1.165) is 12.8 Å². The molecule has 0 heteroatoms. The van der Waals surface area contributed by atoms with Crippen LogP contribution >= 0.6 is 0 Å². The topological polar surface area (TPSA) is 0 Å². The van der Waals surface area contributed by atoms with Gasteiger partial charge >= 0.3 is 0 Å². The molecule has 0 fully saturated rings. The van der Waals surface area contributed by atoms with Crippen LogP contribution in [0.5, 0.6) is 0 Å². The van der Waals surface area contributed by atoms with E-state index in [1.165, 1.54) is 24.8 Å². The van der Waals surface area contributed by atoms with Gasteiger partial charge in [0.05, 0.1) is 0 Å². The molecule has 0 unspecified atom stereocenters. The molecule has 0 heterocycles. The molecule has 0 saturated heterocycles. The Morgan fingerprint density at radius 3 is 1.72 bits per heavy atom. The van der Waals surface area contributed by atoms with Crippen molar-refractivity contribution >= 4 is 0 Å². The Bertz CT molecular complexity index is 355. The van der Waals surface area contributed by atoms with Crippen LogP contribution in [0.4, 0.5) is 0 Å². The van der Waals surface area contributed by atoms with Crippen LogP contribution in [-0.4, -0.2) is 0 Å². The molecule has 1 aromatic rings. The van der Waals surface area contributed by atoms with E-state index < -0.39 is 0 Å². The summed E-state index contributed by atoms with van der Waals surface area (Å²) in [6, 6.07) is 4.90. The lowest BCUT2D eigenvalue weighted by atomic mass is 9.81. The smallest absolute Gasteiger partial charge is 0.0132 e. The van der Waals surface area contributed by atoms with Gasteiger partial charge in [0, 0.05) is 0 Å². The van der Waals surface area contributed by atoms with E-state index in [4.69, 9.17) is 0 Å². The van der Waals surface area contributed by atoms with E-state index in [0.29, 0.717) is 0 Å². The highest BCUT2D eigenvalue weighted by Gasteiger charge is 2.17. The SMILES string of the molecule is CCCCc1c(CC)cc(C(C)(C)C)cc1CC. The number of hydrogen-bond donors (Lipinski definition) is 0. The molecule has 0 aliphatic heterocycles. The van der Waals surface area contributed by atoms with Gasteiger partial charge in [0.1, 0.15) is 0 Å². The van der Waals surface area contributed by atoms with Crippen LogP contribution < -0.4 is 0 Å². The Kier molecular flexibility index (Phi) is 5.44. The van der Waals surface area contributed by atoms with Crippen LogP contribution in [-0.2, 0) is 24.7 Å². The Morgan fingerprint density at radius 1 is 0.889 bits per heavy atom. The Morgan fingerprint density at radius 2 is 1.39 bits per heavy atom. The maximum atomic E-state index is 2.45. The fraction of sp³-hybridized carbons (Fsp3) is 0.667. The van der Waals surface area contributed by atoms with E-state index >= 15 is 0 Å². The summed E-state index contributed by atoms with van der Waals surface area (Å²) in [6.45, 7) is 13.8. The average Bonchev–Trinajstić information content (AvgIpc) is 2.33. The molecule has 0 aliphatic rings. The van der Waals surface area contributed by atoms with Crippen molar-refractivity contribution in [2.24, 2.45) is 0 Å². The zero-order chi connectivity index (χ0) is 13.8. The van der Waals surface area contributed by atoms with Crippen molar-refractivity contribution in [3.8, 4) is 0 Å². The first-order valence-corrected chi connectivity index (χ1v) is 7.59. The number of aryl methyl sites for hydroxylation is 2. The molecule has 1 aromatic carbocycles. The molecule has 0 saturated carbocycles. The van der Waals surface area contributed by atoms with E-state index in [9.17, 15) is 0 Å². The summed E-state index contributed by atoms with van der Waals surface area (Å²) in [4.78, 5) is 0. The first kappa shape index (κ1) is 15.3. The second-order valence-electron chi connectivity index (χ2n) is 6.33. The van der Waals surface area contributed by atoms with Crippen molar-refractivity contribution in [3.63, 3.8) is 0 Å². The third kappa shape index (κ3) is 3.60. The zero-order valence-corrected chi connectivity index (χ0v) is 13.2. The maximum Gasteiger partial charge on any atom is -0.0132 e. The highest BCUT2D eigenvalue weighted by atomic mass is 14.2. The van der Waals surface area contributed by atoms with Gasteiger partial charge in [-0.15, -0.1) is 0 Å². The van der Waals surface area contributed by atoms with Gasteiger partial charge in [-0.3, -0.25) is 0 Å². The minimum atomic E-state index is 0.261. The van der Waals surface area contributed by atoms with Gasteiger partial charge in [-0.25, -0.2) is 0 Å². The minimum Gasteiger partial charge on any atom is -0.0654 e. The lowest BCUT2D eigenvalue weighted by molar-refractivity contribution is 0.587. The monoisotopic (exact) mass is 246 g/mol. The summed E-state index contributed by atoms with van der Waals surface area (Å²) in [5.41, 5.74) is 6.55. The molecule has 0 nitrogen and oxygen atoms in total. The third-order valence-corrected chi connectivity index (χ3v) is 3.84. The largest absolute Gasteiger partial charge is 0.0654 e. The van der Waals surface area contributed by atoms with Crippen LogP contribution in [0.15, 0.2) is 12.1 Å². The average molecular weight is 246 g/mol. The van der Waals surface area contributed by atoms with Crippen molar-refractivity contribution in [2.75, 3.05) is 0 Å². The summed E-state index contributed by atoms with van der Waals surface area (Å²) in [5, 5.41) is 0. The quantitative estimate of drug-likeness (QED) is 0.648. The molecule has 0 atom stereocenters. The molecule has 1 rings (SSSR count). The summed E-state index contributed by atoms with van der Waals surface area (Å²) in [5.74, 6) is 0. The third-order valence-electron chi connectivity index (χ3n) is 3.84. The summed E-state index contributed by atoms with van der Waals surface area (Å²) in [7, 11) is 0. The fourth-order valence-electron chi connectivity index (χ4n) is 2.54. The van der Waals surface area contributed by atoms with E-state index in [1.54, 1.807) is 16.7 Å². The van der Waals surface area contributed by atoms with Crippen molar-refractivity contribution < 1.29 is 0 Å². The maximum absolute atomic E-state index is 2.45. The van der Waals surface area contributed by atoms with Crippen LogP contribution in [0.3, 0.4) is 0 Å². The van der Waals surface area contributed by atoms with Crippen molar-refractivity contribution in [1.82, 2.24) is 0 Å². The first-order valence-electron chi connectivity index (χ1n) is 7.59. The highest BCUT2D eigenvalue weighted by Crippen LogP contribution is 2.29. The molecule has 0 radical (unpaired) electrons. The van der Waals surface area contributed by atoms with Crippen LogP contribution in [0.25, 0.3) is 0 Å². The molecular weight excluding hydrogens is 216 g/mol. The molecule has 0 amide bonds. The standard InChI is InChI=1S/C18H30/c1-7-10-11-17-14(8-2)12-16(18(4,5)6)13-15(17)9-3/h12-13H,7-11H2,1-6H3. The lowest BCUT2D eigenvalue weighted by Gasteiger charge is -2.24. The van der Waals surface area contributed by atoms with Crippen molar-refractivity contribution in [1.29, 1.82) is 0 Å². The fourth-order valence-corrected chi connectivity index (χ4v) is 2.54. The summed E-state index contributed by atoms with van der Waals surface area (Å²) in [6.07, 6.45) is 6.18. The molecule has 102 valence electrons. The predicted molar refractivity (Wildman–Crippen MR) is 82.5 cm³/mol. The predicted octanol–water partition coefficient (Wildman–Crippen LogP) is 5.45. The minimum absolute atomic E-state index is 0.261. The van der Waals surface area contributed by atoms with Gasteiger partial charge in [-0.1, -0.05) is 60.1 Å². The normalized spacial score (nSPS) is 11.9. The molecule has 0 aromatic heterocycles. The van der Waals surface area contributed by atoms with E-state index in [1.807, 2.05) is 0 Å². The number of benzene rings is 1. The van der Waals surface area contributed by atoms with Crippen LogP contribution in [0.2, 0.25) is 0 Å². The van der Waals surface area contributed by atoms with Crippen LogP contribution in [0, 0.1) is 0 Å². The van der Waals surface area contributed by atoms with Gasteiger partial charge in [0.25, 0.3) is 0 Å². The first-order chi connectivity index (χ1) is 8.43. The lowest BCUT2D eigenvalue weighted by Crippen LogP contribution is -2.13. The second-order valence-corrected chi connectivity index (χ2v) is 6.33. The number of hydrogen-bond acceptors (Lipinski definition) is 0. The molecule has 0 aliphatic carbocycles. The second kappa shape index (κ2) is 6.41. The molecule has 0 N–H and O–H groups in total. The Hall–Kier alpha value is -0.780. The number of unbranched alkanes of at least 4 members (excludes halogenated alkanes) is 1. The van der Waals surface area contributed by atoms with E-state index in [-0.39, 0.29) is 5.41 Å². The van der Waals surface area contributed by atoms with Gasteiger partial charge in [0.2, 0.25) is 0 Å². The van der Waals surface area contributed by atoms with Crippen molar-refractivity contribution in [2.45, 2.75) is 79.1 Å². The molecule has 0 spiro atoms. The molecule has 18 heavy (non-hydrogen) atoms. The summed E-state index contributed by atoms with van der Waals surface area (Å²) < 4.78 is 0. The van der Waals surface area contributed by atoms with Crippen LogP contribution in [0.1, 0.15) is 76.6 Å². The van der Waals surface area contributed by atoms with Gasteiger partial charge < -0.3 is 0 Å². The van der Waals surface area contributed by atoms with Gasteiger partial charge in [-0.05, 0) is 53.4 Å². The number of rotatable bonds is 5. The Labute approximate surface area is 114 Å². The van der Waals surface area contributed by atoms with Gasteiger partial charge in [0.15, 0.2) is 0 Å². The van der Waals surface area contributed by atoms with E-state index in [2.05, 4.69) is 53.7 Å². The van der Waals surface area contributed by atoms with Crippen molar-refractivity contribution in [3.05, 3.63) is 34.4 Å². The highest BCUT2D eigenvalue weighted by molar-refractivity contribution is 5.42.